The Balaban J connectivity index is 2.14. The summed E-state index contributed by atoms with van der Waals surface area (Å²) in [7, 11) is -1.73. The highest BCUT2D eigenvalue weighted by Crippen LogP contribution is 2.19. The zero-order valence-electron chi connectivity index (χ0n) is 11.9. The van der Waals surface area contributed by atoms with Crippen LogP contribution in [0, 0.1) is 0 Å². The molecule has 0 aliphatic rings. The minimum Gasteiger partial charge on any atom is -0.363 e. The highest BCUT2D eigenvalue weighted by atomic mass is 79.9. The van der Waals surface area contributed by atoms with Gasteiger partial charge < -0.3 is 10.3 Å². The van der Waals surface area contributed by atoms with E-state index >= 15 is 0 Å². The number of nitrogens with one attached hydrogen (secondary N) is 3. The zero-order chi connectivity index (χ0) is 15.5. The molecule has 0 amide bonds. The van der Waals surface area contributed by atoms with Crippen molar-refractivity contribution in [2.45, 2.75) is 24.4 Å². The highest BCUT2D eigenvalue weighted by molar-refractivity contribution is 9.10. The van der Waals surface area contributed by atoms with E-state index in [2.05, 4.69) is 31.0 Å². The Morgan fingerprint density at radius 1 is 1.29 bits per heavy atom. The van der Waals surface area contributed by atoms with Gasteiger partial charge in [-0.05, 0) is 37.7 Å². The molecule has 1 atom stereocenters. The highest BCUT2D eigenvalue weighted by Gasteiger charge is 2.19. The Labute approximate surface area is 133 Å². The minimum absolute atomic E-state index is 0.247. The van der Waals surface area contributed by atoms with Gasteiger partial charge in [0.05, 0.1) is 4.90 Å². The quantitative estimate of drug-likeness (QED) is 0.730. The van der Waals surface area contributed by atoms with E-state index in [1.54, 1.807) is 6.07 Å². The lowest BCUT2D eigenvalue weighted by atomic mass is 10.1. The van der Waals surface area contributed by atoms with Crippen molar-refractivity contribution in [3.8, 4) is 0 Å². The van der Waals surface area contributed by atoms with Crippen molar-refractivity contribution < 1.29 is 8.42 Å². The third-order valence-corrected chi connectivity index (χ3v) is 5.14. The number of halogens is 1. The Kier molecular flexibility index (Phi) is 5.21. The number of benzene rings is 1. The molecular formula is C14H18BrN3O2S. The number of rotatable bonds is 6. The van der Waals surface area contributed by atoms with Gasteiger partial charge in [0.2, 0.25) is 10.0 Å². The van der Waals surface area contributed by atoms with Crippen LogP contribution in [-0.2, 0) is 16.6 Å². The molecule has 21 heavy (non-hydrogen) atoms. The summed E-state index contributed by atoms with van der Waals surface area (Å²) in [6.07, 6.45) is 1.50. The van der Waals surface area contributed by atoms with Gasteiger partial charge in [-0.2, -0.15) is 0 Å². The molecule has 0 saturated carbocycles. The van der Waals surface area contributed by atoms with Crippen molar-refractivity contribution in [2.75, 3.05) is 7.05 Å². The molecule has 2 aromatic rings. The van der Waals surface area contributed by atoms with Crippen LogP contribution in [0.15, 0.2) is 45.9 Å². The molecule has 7 heteroatoms. The number of hydrogen-bond acceptors (Lipinski definition) is 3. The van der Waals surface area contributed by atoms with Gasteiger partial charge in [-0.1, -0.05) is 28.1 Å². The fourth-order valence-electron chi connectivity index (χ4n) is 1.99. The van der Waals surface area contributed by atoms with Crippen LogP contribution in [0.2, 0.25) is 0 Å². The fraction of sp³-hybridized carbons (Fsp3) is 0.286. The second-order valence-electron chi connectivity index (χ2n) is 4.79. The average molecular weight is 372 g/mol. The Morgan fingerprint density at radius 2 is 1.95 bits per heavy atom. The molecule has 0 radical (unpaired) electrons. The lowest BCUT2D eigenvalue weighted by molar-refractivity contribution is 0.567. The summed E-state index contributed by atoms with van der Waals surface area (Å²) in [6, 6.07) is 8.89. The van der Waals surface area contributed by atoms with E-state index in [1.807, 2.05) is 38.2 Å². The number of hydrogen-bond donors (Lipinski definition) is 3. The summed E-state index contributed by atoms with van der Waals surface area (Å²) in [4.78, 5) is 3.19. The molecule has 1 heterocycles. The molecule has 0 aliphatic carbocycles. The molecule has 0 spiro atoms. The number of aromatic nitrogens is 1. The van der Waals surface area contributed by atoms with Crippen LogP contribution in [0.4, 0.5) is 0 Å². The lowest BCUT2D eigenvalue weighted by Crippen LogP contribution is -2.26. The van der Waals surface area contributed by atoms with E-state index in [0.29, 0.717) is 6.54 Å². The normalized spacial score (nSPS) is 13.3. The summed E-state index contributed by atoms with van der Waals surface area (Å²) in [5.41, 5.74) is 1.74. The minimum atomic E-state index is -3.54. The lowest BCUT2D eigenvalue weighted by Gasteiger charge is -2.14. The summed E-state index contributed by atoms with van der Waals surface area (Å²) >= 11 is 3.36. The smallest absolute Gasteiger partial charge is 0.242 e. The van der Waals surface area contributed by atoms with Gasteiger partial charge in [0.25, 0.3) is 0 Å². The molecule has 1 aromatic heterocycles. The fourth-order valence-corrected chi connectivity index (χ4v) is 3.50. The average Bonchev–Trinajstić information content (AvgIpc) is 2.89. The Bertz CT molecular complexity index is 695. The topological polar surface area (TPSA) is 74.0 Å². The summed E-state index contributed by atoms with van der Waals surface area (Å²) in [5.74, 6) is 0. The molecule has 3 N–H and O–H groups in total. The second-order valence-corrected chi connectivity index (χ2v) is 7.42. The van der Waals surface area contributed by atoms with E-state index in [4.69, 9.17) is 0 Å². The van der Waals surface area contributed by atoms with E-state index in [1.165, 1.54) is 6.20 Å². The first-order valence-electron chi connectivity index (χ1n) is 6.52. The molecule has 1 aromatic carbocycles. The molecule has 0 fully saturated rings. The Hall–Kier alpha value is -1.15. The maximum atomic E-state index is 12.3. The molecule has 1 unspecified atom stereocenters. The van der Waals surface area contributed by atoms with Gasteiger partial charge in [0.15, 0.2) is 0 Å². The first-order valence-corrected chi connectivity index (χ1v) is 8.79. The van der Waals surface area contributed by atoms with Gasteiger partial charge in [0.1, 0.15) is 0 Å². The van der Waals surface area contributed by atoms with Crippen LogP contribution in [0.5, 0.6) is 0 Å². The third-order valence-electron chi connectivity index (χ3n) is 3.10. The zero-order valence-corrected chi connectivity index (χ0v) is 14.3. The molecule has 2 rings (SSSR count). The van der Waals surface area contributed by atoms with Crippen LogP contribution in [-0.4, -0.2) is 20.4 Å². The van der Waals surface area contributed by atoms with Crippen LogP contribution in [0.25, 0.3) is 0 Å². The predicted molar refractivity (Wildman–Crippen MR) is 86.4 cm³/mol. The van der Waals surface area contributed by atoms with Crippen LogP contribution in [0.3, 0.4) is 0 Å². The van der Waals surface area contributed by atoms with Crippen LogP contribution in [0.1, 0.15) is 24.2 Å². The molecular weight excluding hydrogens is 354 g/mol. The summed E-state index contributed by atoms with van der Waals surface area (Å²) in [6.45, 7) is 2.42. The summed E-state index contributed by atoms with van der Waals surface area (Å²) < 4.78 is 28.3. The molecule has 0 saturated heterocycles. The van der Waals surface area contributed by atoms with E-state index in [9.17, 15) is 8.42 Å². The van der Waals surface area contributed by atoms with E-state index < -0.39 is 10.0 Å². The van der Waals surface area contributed by atoms with Gasteiger partial charge >= 0.3 is 0 Å². The number of H-pyrrole nitrogens is 1. The van der Waals surface area contributed by atoms with Crippen LogP contribution >= 0.6 is 15.9 Å². The Morgan fingerprint density at radius 3 is 2.57 bits per heavy atom. The van der Waals surface area contributed by atoms with Crippen molar-refractivity contribution in [3.63, 3.8) is 0 Å². The molecule has 114 valence electrons. The third kappa shape index (κ3) is 4.16. The number of aromatic amines is 1. The maximum Gasteiger partial charge on any atom is 0.242 e. The van der Waals surface area contributed by atoms with Crippen molar-refractivity contribution in [1.82, 2.24) is 15.0 Å². The van der Waals surface area contributed by atoms with E-state index in [-0.39, 0.29) is 10.9 Å². The van der Waals surface area contributed by atoms with E-state index in [0.717, 1.165) is 15.7 Å². The van der Waals surface area contributed by atoms with Crippen LogP contribution < -0.4 is 10.0 Å². The van der Waals surface area contributed by atoms with Crippen molar-refractivity contribution in [3.05, 3.63) is 52.3 Å². The van der Waals surface area contributed by atoms with Gasteiger partial charge in [-0.15, -0.1) is 0 Å². The van der Waals surface area contributed by atoms with Crippen molar-refractivity contribution in [1.29, 1.82) is 0 Å². The molecule has 0 bridgehead atoms. The predicted octanol–water partition coefficient (Wildman–Crippen LogP) is 2.54. The second kappa shape index (κ2) is 6.74. The van der Waals surface area contributed by atoms with Gasteiger partial charge in [0, 0.05) is 29.0 Å². The monoisotopic (exact) mass is 371 g/mol. The van der Waals surface area contributed by atoms with Gasteiger partial charge in [-0.25, -0.2) is 13.1 Å². The standard InChI is InChI=1S/C14H18BrN3O2S/c1-10(11-3-5-12(15)6-4-11)18-21(19,20)14-7-13(8-16-2)17-9-14/h3-7,9-10,16-18H,8H2,1-2H3. The number of sulfonamides is 1. The first kappa shape index (κ1) is 16.2. The largest absolute Gasteiger partial charge is 0.363 e. The first-order chi connectivity index (χ1) is 9.92. The molecule has 0 aliphatic heterocycles. The summed E-state index contributed by atoms with van der Waals surface area (Å²) in [5, 5.41) is 2.97. The SMILES string of the molecule is CNCc1cc(S(=O)(=O)NC(C)c2ccc(Br)cc2)c[nH]1. The van der Waals surface area contributed by atoms with Gasteiger partial charge in [-0.3, -0.25) is 0 Å². The maximum absolute atomic E-state index is 12.3. The van der Waals surface area contributed by atoms with Crippen molar-refractivity contribution in [2.24, 2.45) is 0 Å². The van der Waals surface area contributed by atoms with Crippen molar-refractivity contribution >= 4 is 26.0 Å². The molecule has 5 nitrogen and oxygen atoms in total.